The summed E-state index contributed by atoms with van der Waals surface area (Å²) in [6.45, 7) is 18.5. The van der Waals surface area contributed by atoms with Crippen LogP contribution >= 0.6 is 0 Å². The van der Waals surface area contributed by atoms with E-state index in [1.807, 2.05) is 146 Å². The van der Waals surface area contributed by atoms with Gasteiger partial charge in [-0.3, -0.25) is 14.4 Å². The Kier molecular flexibility index (Phi) is 34.9. The summed E-state index contributed by atoms with van der Waals surface area (Å²) in [7, 11) is 0. The number of β-amino-alcohol motifs (C(OH)–C–C–N with tert-alkyl or cyclic N) is 3. The minimum Gasteiger partial charge on any atom is -0.478 e. The number of fused-ring (bicyclic) bond motifs is 3. The normalized spacial score (nSPS) is 13.8. The van der Waals surface area contributed by atoms with Crippen molar-refractivity contribution in [1.29, 1.82) is 0 Å². The zero-order valence-electron chi connectivity index (χ0n) is 70.8. The highest BCUT2D eigenvalue weighted by Gasteiger charge is 2.26. The van der Waals surface area contributed by atoms with Crippen LogP contribution in [-0.4, -0.2) is 201 Å². The first-order valence-corrected chi connectivity index (χ1v) is 41.7. The van der Waals surface area contributed by atoms with Crippen LogP contribution < -0.4 is 31.9 Å². The number of amides is 3. The van der Waals surface area contributed by atoms with E-state index >= 15 is 13.2 Å². The molecule has 13 N–H and O–H groups in total. The van der Waals surface area contributed by atoms with Crippen LogP contribution in [0.5, 0.6) is 0 Å². The molecular weight excluding hydrogens is 1670 g/mol. The summed E-state index contributed by atoms with van der Waals surface area (Å²) < 4.78 is 45.4. The summed E-state index contributed by atoms with van der Waals surface area (Å²) in [5, 5.41) is 78.7. The van der Waals surface area contributed by atoms with Crippen molar-refractivity contribution in [2.75, 3.05) is 111 Å². The number of piperidine rings is 3. The lowest BCUT2D eigenvalue weighted by Gasteiger charge is -2.31. The van der Waals surface area contributed by atoms with Crippen molar-refractivity contribution in [3.05, 3.63) is 297 Å². The molecule has 3 aliphatic heterocycles. The first-order valence-electron chi connectivity index (χ1n) is 41.7. The minimum atomic E-state index is -1.26. The number of nitrogens with zero attached hydrogens (tertiary/aromatic N) is 9. The Labute approximate surface area is 746 Å². The van der Waals surface area contributed by atoms with Gasteiger partial charge in [-0.2, -0.15) is 0 Å². The number of likely N-dealkylation sites (tertiary alicyclic amines) is 3. The molecule has 130 heavy (non-hydrogen) atoms. The molecule has 12 aromatic rings. The summed E-state index contributed by atoms with van der Waals surface area (Å²) in [6, 6.07) is 55.8. The lowest BCUT2D eigenvalue weighted by molar-refractivity contribution is -0.134. The number of carboxylic acids is 4. The Bertz CT molecular complexity index is 5540. The summed E-state index contributed by atoms with van der Waals surface area (Å²) in [6.07, 6.45) is 16.7. The van der Waals surface area contributed by atoms with Crippen LogP contribution in [0.4, 0.5) is 65.1 Å². The molecule has 3 aliphatic rings. The molecule has 0 saturated carbocycles. The molecule has 0 aliphatic carbocycles. The number of nitrogens with one attached hydrogen (secondary N) is 6. The third-order valence-corrected chi connectivity index (χ3v) is 21.6. The van der Waals surface area contributed by atoms with Crippen LogP contribution in [0.3, 0.4) is 0 Å². The average molecular weight is 1770 g/mol. The predicted octanol–water partition coefficient (Wildman–Crippen LogP) is 15.9. The lowest BCUT2D eigenvalue weighted by Crippen LogP contribution is -2.34. The Hall–Kier alpha value is -15.1. The summed E-state index contributed by atoms with van der Waals surface area (Å²) in [5.74, 6) is -5.11. The molecule has 0 bridgehead atoms. The Morgan fingerprint density at radius 2 is 0.608 bits per heavy atom. The third kappa shape index (κ3) is 27.7. The second-order valence-electron chi connectivity index (χ2n) is 30.3. The minimum absolute atomic E-state index is 0.165. The van der Waals surface area contributed by atoms with E-state index in [-0.39, 0.29) is 55.0 Å². The van der Waals surface area contributed by atoms with Gasteiger partial charge in [-0.25, -0.2) is 62.3 Å². The summed E-state index contributed by atoms with van der Waals surface area (Å²) >= 11 is 0. The van der Waals surface area contributed by atoms with Gasteiger partial charge in [-0.1, -0.05) is 129 Å². The van der Waals surface area contributed by atoms with Gasteiger partial charge >= 0.3 is 23.9 Å². The fourth-order valence-corrected chi connectivity index (χ4v) is 15.1. The van der Waals surface area contributed by atoms with E-state index in [2.05, 4.69) is 81.3 Å². The van der Waals surface area contributed by atoms with Crippen LogP contribution in [0.2, 0.25) is 0 Å². The van der Waals surface area contributed by atoms with Gasteiger partial charge in [0.05, 0.1) is 53.4 Å². The molecule has 0 unspecified atom stereocenters. The fraction of sp³-hybridized carbons (Fsp3) is 0.214. The molecule has 3 amide bonds. The number of aliphatic hydroxyl groups excluding tert-OH is 3. The van der Waals surface area contributed by atoms with Crippen molar-refractivity contribution in [3.63, 3.8) is 0 Å². The molecule has 32 heteroatoms. The number of rotatable bonds is 28. The highest BCUT2D eigenvalue weighted by Crippen LogP contribution is 2.38. The highest BCUT2D eigenvalue weighted by atomic mass is 19.1. The quantitative estimate of drug-likeness (QED) is 0.0203. The number of hydrogen-bond acceptors (Lipinski definition) is 22. The maximum absolute atomic E-state index is 15.1. The number of aliphatic carboxylic acids is 4. The average Bonchev–Trinajstić information content (AvgIpc) is 0.798. The van der Waals surface area contributed by atoms with Gasteiger partial charge in [0, 0.05) is 112 Å². The van der Waals surface area contributed by atoms with E-state index < -0.39 is 23.9 Å². The molecule has 9 aromatic carbocycles. The number of aliphatic hydroxyl groups is 3. The standard InChI is InChI=1S/3C30H30FN5O2.2C4H4O4/c3*1-2-28(38)33-24-7-3-5-22(17-24)25-8-4-6-23-19-32-30(35-29(23)25)34-27-10-9-21(18-26(27)31)20-11-13-36(14-12-20)15-16-37;2*5-3(6)1-2-4(7)8/h3*2-10,17-20,37H,1,11-16H2,(H,33,38)(H,32,34,35);2*1-2H,(H,5,6)(H,7,8)/b;;;2*2-1-. The Balaban J connectivity index is 0.000000173. The smallest absolute Gasteiger partial charge is 0.328 e. The second-order valence-corrected chi connectivity index (χ2v) is 30.3. The van der Waals surface area contributed by atoms with E-state index in [0.29, 0.717) is 130 Å². The van der Waals surface area contributed by atoms with Crippen molar-refractivity contribution in [2.45, 2.75) is 56.3 Å². The predicted molar refractivity (Wildman–Crippen MR) is 496 cm³/mol. The maximum atomic E-state index is 15.1. The van der Waals surface area contributed by atoms with Crippen LogP contribution in [-0.2, 0) is 33.6 Å². The molecule has 0 spiro atoms. The zero-order chi connectivity index (χ0) is 92.6. The molecule has 3 aromatic heterocycles. The van der Waals surface area contributed by atoms with Crippen LogP contribution in [0, 0.1) is 17.5 Å². The SMILES string of the molecule is C=CC(=O)Nc1cccc(-c2cccc3cnc(Nc4ccc(C5CCN(CCO)CC5)cc4F)nc23)c1.C=CC(=O)Nc1cccc(-c2cccc3cnc(Nc4ccc(C5CCN(CCO)CC5)cc4F)nc23)c1.C=CC(=O)Nc1cccc(-c2cccc3cnc(Nc4ccc(C5CCN(CCO)CC5)cc4F)nc23)c1.O=C(O)/C=C\C(=O)O.O=C(O)/C=C\C(=O)O. The van der Waals surface area contributed by atoms with Crippen molar-refractivity contribution in [2.24, 2.45) is 0 Å². The maximum Gasteiger partial charge on any atom is 0.328 e. The van der Waals surface area contributed by atoms with Crippen LogP contribution in [0.25, 0.3) is 66.1 Å². The van der Waals surface area contributed by atoms with E-state index in [0.717, 1.165) is 144 Å². The van der Waals surface area contributed by atoms with Gasteiger partial charge in [0.25, 0.3) is 0 Å². The number of para-hydroxylation sites is 3. The number of carboxylic acid groups (broad SMARTS) is 4. The number of carbonyl (C=O) groups is 7. The lowest BCUT2D eigenvalue weighted by atomic mass is 9.89. The van der Waals surface area contributed by atoms with E-state index in [4.69, 9.17) is 50.7 Å². The van der Waals surface area contributed by atoms with Crippen molar-refractivity contribution in [3.8, 4) is 33.4 Å². The zero-order valence-corrected chi connectivity index (χ0v) is 70.8. The number of hydrogen-bond donors (Lipinski definition) is 13. The molecular formula is C98H98F3N15O14. The van der Waals surface area contributed by atoms with Gasteiger partial charge in [-0.05, 0) is 220 Å². The van der Waals surface area contributed by atoms with Gasteiger partial charge in [0.2, 0.25) is 35.6 Å². The highest BCUT2D eigenvalue weighted by molar-refractivity contribution is 6.03. The van der Waals surface area contributed by atoms with Gasteiger partial charge in [0.1, 0.15) is 17.5 Å². The fourth-order valence-electron chi connectivity index (χ4n) is 15.1. The molecule has 6 heterocycles. The Morgan fingerprint density at radius 1 is 0.354 bits per heavy atom. The van der Waals surface area contributed by atoms with E-state index in [1.54, 1.807) is 55.0 Å². The molecule has 15 rings (SSSR count). The van der Waals surface area contributed by atoms with Gasteiger partial charge in [-0.15, -0.1) is 0 Å². The van der Waals surface area contributed by atoms with Crippen LogP contribution in [0.1, 0.15) is 73.0 Å². The number of anilines is 9. The molecule has 0 atom stereocenters. The molecule has 3 fully saturated rings. The topological polar surface area (TPSA) is 420 Å². The van der Waals surface area contributed by atoms with E-state index in [9.17, 15) is 33.6 Å². The first-order chi connectivity index (χ1) is 62.9. The van der Waals surface area contributed by atoms with Gasteiger partial charge < -0.3 is 82.3 Å². The number of carbonyl (C=O) groups excluding carboxylic acids is 3. The second kappa shape index (κ2) is 47.5. The first kappa shape index (κ1) is 95.6. The molecule has 0 radical (unpaired) electrons. The number of benzene rings is 9. The molecule has 670 valence electrons. The summed E-state index contributed by atoms with van der Waals surface area (Å²) in [5.41, 5.74) is 13.2. The largest absolute Gasteiger partial charge is 0.478 e. The monoisotopic (exact) mass is 1770 g/mol. The molecule has 3 saturated heterocycles. The van der Waals surface area contributed by atoms with Gasteiger partial charge in [0.15, 0.2) is 0 Å². The third-order valence-electron chi connectivity index (χ3n) is 21.6. The Morgan fingerprint density at radius 3 is 0.838 bits per heavy atom. The molecule has 29 nitrogen and oxygen atoms in total. The summed E-state index contributed by atoms with van der Waals surface area (Å²) in [4.78, 5) is 107. The van der Waals surface area contributed by atoms with Crippen LogP contribution in [0.15, 0.2) is 263 Å². The van der Waals surface area contributed by atoms with E-state index in [1.165, 1.54) is 18.2 Å². The number of halogens is 3. The van der Waals surface area contributed by atoms with Crippen molar-refractivity contribution >= 4 is 126 Å². The number of aromatic nitrogens is 6. The van der Waals surface area contributed by atoms with Crippen molar-refractivity contribution < 1.29 is 82.5 Å². The van der Waals surface area contributed by atoms with Crippen molar-refractivity contribution in [1.82, 2.24) is 44.6 Å².